The first-order valence-corrected chi connectivity index (χ1v) is 12.3. The van der Waals surface area contributed by atoms with E-state index in [0.717, 1.165) is 21.2 Å². The van der Waals surface area contributed by atoms with Gasteiger partial charge in [-0.25, -0.2) is 0 Å². The van der Waals surface area contributed by atoms with Gasteiger partial charge in [0.25, 0.3) is 0 Å². The topological polar surface area (TPSA) is 0 Å². The molecule has 0 spiro atoms. The molecule has 0 atom stereocenters. The lowest BCUT2D eigenvalue weighted by atomic mass is 10.3. The Balaban J connectivity index is 2.23. The SMILES string of the molecule is CCCCC[P+](c1ccc(Cl)cc1)(c1ccc(Cl)cc1)c1ccc(Cl)cc1. The van der Waals surface area contributed by atoms with Gasteiger partial charge in [-0.3, -0.25) is 0 Å². The lowest BCUT2D eigenvalue weighted by Crippen LogP contribution is -2.33. The van der Waals surface area contributed by atoms with Crippen LogP contribution in [-0.2, 0) is 0 Å². The van der Waals surface area contributed by atoms with Crippen molar-refractivity contribution in [3.05, 3.63) is 87.9 Å². The number of halogens is 3. The second kappa shape index (κ2) is 9.44. The Kier molecular flexibility index (Phi) is 7.23. The predicted octanol–water partition coefficient (Wildman–Crippen LogP) is 7.13. The third kappa shape index (κ3) is 4.69. The summed E-state index contributed by atoms with van der Waals surface area (Å²) in [6.07, 6.45) is 4.71. The van der Waals surface area contributed by atoms with E-state index in [0.29, 0.717) is 0 Å². The van der Waals surface area contributed by atoms with Crippen LogP contribution in [-0.4, -0.2) is 6.16 Å². The average molecular weight is 437 g/mol. The molecule has 3 aromatic rings. The Labute approximate surface area is 177 Å². The van der Waals surface area contributed by atoms with E-state index in [1.54, 1.807) is 0 Å². The molecule has 0 aliphatic rings. The first kappa shape index (κ1) is 20.7. The summed E-state index contributed by atoms with van der Waals surface area (Å²) in [6, 6.07) is 25.1. The van der Waals surface area contributed by atoms with Crippen LogP contribution in [0, 0.1) is 0 Å². The lowest BCUT2D eigenvalue weighted by Gasteiger charge is -2.28. The van der Waals surface area contributed by atoms with Crippen molar-refractivity contribution in [3.8, 4) is 0 Å². The van der Waals surface area contributed by atoms with Crippen LogP contribution in [0.1, 0.15) is 26.2 Å². The zero-order valence-electron chi connectivity index (χ0n) is 15.3. The van der Waals surface area contributed by atoms with Gasteiger partial charge >= 0.3 is 0 Å². The monoisotopic (exact) mass is 435 g/mol. The van der Waals surface area contributed by atoms with Gasteiger partial charge in [0.05, 0.1) is 6.16 Å². The van der Waals surface area contributed by atoms with Crippen molar-refractivity contribution in [3.63, 3.8) is 0 Å². The van der Waals surface area contributed by atoms with Crippen LogP contribution in [0.2, 0.25) is 15.1 Å². The third-order valence-corrected chi connectivity index (χ3v) is 10.2. The highest BCUT2D eigenvalue weighted by atomic mass is 35.5. The molecule has 0 N–H and O–H groups in total. The van der Waals surface area contributed by atoms with Crippen molar-refractivity contribution in [2.24, 2.45) is 0 Å². The maximum absolute atomic E-state index is 6.20. The first-order chi connectivity index (χ1) is 13.1. The molecule has 3 rings (SSSR count). The molecule has 4 heteroatoms. The number of benzene rings is 3. The van der Waals surface area contributed by atoms with Crippen molar-refractivity contribution in [1.82, 2.24) is 0 Å². The van der Waals surface area contributed by atoms with Crippen LogP contribution in [0.15, 0.2) is 72.8 Å². The fourth-order valence-corrected chi connectivity index (χ4v) is 8.24. The second-order valence-electron chi connectivity index (χ2n) is 6.67. The highest BCUT2D eigenvalue weighted by molar-refractivity contribution is 7.95. The summed E-state index contributed by atoms with van der Waals surface area (Å²) in [4.78, 5) is 0. The molecule has 0 amide bonds. The Morgan fingerprint density at radius 3 is 1.19 bits per heavy atom. The van der Waals surface area contributed by atoms with E-state index in [1.807, 2.05) is 36.4 Å². The Morgan fingerprint density at radius 1 is 0.556 bits per heavy atom. The number of unbranched alkanes of at least 4 members (excludes halogenated alkanes) is 2. The molecule has 27 heavy (non-hydrogen) atoms. The highest BCUT2D eigenvalue weighted by Gasteiger charge is 2.44. The molecule has 0 saturated carbocycles. The number of rotatable bonds is 7. The molecule has 0 fully saturated rings. The molecule has 140 valence electrons. The van der Waals surface area contributed by atoms with Crippen molar-refractivity contribution >= 4 is 58.0 Å². The summed E-state index contributed by atoms with van der Waals surface area (Å²) in [5.74, 6) is 0. The summed E-state index contributed by atoms with van der Waals surface area (Å²) in [6.45, 7) is 2.24. The molecule has 0 aliphatic heterocycles. The zero-order valence-corrected chi connectivity index (χ0v) is 18.5. The van der Waals surface area contributed by atoms with Gasteiger partial charge in [-0.2, -0.15) is 0 Å². The fourth-order valence-electron chi connectivity index (χ4n) is 3.52. The van der Waals surface area contributed by atoms with Crippen LogP contribution in [0.3, 0.4) is 0 Å². The van der Waals surface area contributed by atoms with E-state index >= 15 is 0 Å². The zero-order chi connectivity index (χ0) is 19.3. The normalized spacial score (nSPS) is 11.6. The maximum Gasteiger partial charge on any atom is 0.112 e. The van der Waals surface area contributed by atoms with Gasteiger partial charge in [-0.15, -0.1) is 0 Å². The molecule has 0 radical (unpaired) electrons. The third-order valence-electron chi connectivity index (χ3n) is 4.90. The van der Waals surface area contributed by atoms with E-state index in [2.05, 4.69) is 43.3 Å². The molecule has 0 aliphatic carbocycles. The smallest absolute Gasteiger partial charge is 0.0843 e. The van der Waals surface area contributed by atoms with E-state index in [1.165, 1.54) is 35.2 Å². The van der Waals surface area contributed by atoms with Gasteiger partial charge in [-0.05, 0) is 79.2 Å². The highest BCUT2D eigenvalue weighted by Crippen LogP contribution is 2.56. The Morgan fingerprint density at radius 2 is 0.889 bits per heavy atom. The van der Waals surface area contributed by atoms with Crippen LogP contribution in [0.4, 0.5) is 0 Å². The molecule has 0 saturated heterocycles. The van der Waals surface area contributed by atoms with Crippen LogP contribution < -0.4 is 15.9 Å². The van der Waals surface area contributed by atoms with E-state index in [9.17, 15) is 0 Å². The van der Waals surface area contributed by atoms with Crippen molar-refractivity contribution in [2.45, 2.75) is 26.2 Å². The van der Waals surface area contributed by atoms with Gasteiger partial charge in [-0.1, -0.05) is 54.6 Å². The standard InChI is InChI=1S/C23H23Cl3P/c1-2-3-4-17-27(21-11-5-18(24)6-12-21,22-13-7-19(25)8-14-22)23-15-9-20(26)10-16-23/h5-16H,2-4,17H2,1H3/q+1. The molecule has 3 aromatic carbocycles. The summed E-state index contributed by atoms with van der Waals surface area (Å²) >= 11 is 18.6. The van der Waals surface area contributed by atoms with Gasteiger partial charge in [0, 0.05) is 15.1 Å². The van der Waals surface area contributed by atoms with Crippen molar-refractivity contribution in [2.75, 3.05) is 6.16 Å². The minimum atomic E-state index is -1.82. The summed E-state index contributed by atoms with van der Waals surface area (Å²) < 4.78 is 0. The van der Waals surface area contributed by atoms with Crippen LogP contribution in [0.5, 0.6) is 0 Å². The van der Waals surface area contributed by atoms with E-state index in [4.69, 9.17) is 34.8 Å². The summed E-state index contributed by atoms with van der Waals surface area (Å²) in [7, 11) is -1.82. The van der Waals surface area contributed by atoms with Gasteiger partial charge in [0.15, 0.2) is 0 Å². The second-order valence-corrected chi connectivity index (χ2v) is 11.6. The Hall–Kier alpha value is -1.04. The number of hydrogen-bond donors (Lipinski definition) is 0. The molecular formula is C23H23Cl3P+. The van der Waals surface area contributed by atoms with Crippen LogP contribution in [0.25, 0.3) is 0 Å². The summed E-state index contributed by atoms with van der Waals surface area (Å²) in [5, 5.41) is 6.31. The fraction of sp³-hybridized carbons (Fsp3) is 0.217. The van der Waals surface area contributed by atoms with Crippen molar-refractivity contribution in [1.29, 1.82) is 0 Å². The largest absolute Gasteiger partial charge is 0.112 e. The van der Waals surface area contributed by atoms with Gasteiger partial charge < -0.3 is 0 Å². The quantitative estimate of drug-likeness (QED) is 0.273. The van der Waals surface area contributed by atoms with Gasteiger partial charge in [0.1, 0.15) is 23.2 Å². The molecule has 0 bridgehead atoms. The van der Waals surface area contributed by atoms with Crippen molar-refractivity contribution < 1.29 is 0 Å². The predicted molar refractivity (Wildman–Crippen MR) is 125 cm³/mol. The van der Waals surface area contributed by atoms with Crippen LogP contribution >= 0.6 is 42.1 Å². The van der Waals surface area contributed by atoms with Gasteiger partial charge in [0.2, 0.25) is 0 Å². The van der Waals surface area contributed by atoms with E-state index < -0.39 is 7.26 Å². The average Bonchev–Trinajstić information content (AvgIpc) is 2.68. The molecule has 0 heterocycles. The molecule has 0 nitrogen and oxygen atoms in total. The lowest BCUT2D eigenvalue weighted by molar-refractivity contribution is 0.776. The minimum absolute atomic E-state index is 0.762. The minimum Gasteiger partial charge on any atom is -0.0843 e. The molecular weight excluding hydrogens is 414 g/mol. The summed E-state index contributed by atoms with van der Waals surface area (Å²) in [5.41, 5.74) is 0. The first-order valence-electron chi connectivity index (χ1n) is 9.23. The molecule has 0 aromatic heterocycles. The maximum atomic E-state index is 6.20. The number of hydrogen-bond acceptors (Lipinski definition) is 0. The molecule has 0 unspecified atom stereocenters. The Bertz CT molecular complexity index is 745. The van der Waals surface area contributed by atoms with E-state index in [-0.39, 0.29) is 0 Å².